The maximum Gasteiger partial charge on any atom is 0.472 e. The van der Waals surface area contributed by atoms with Crippen LogP contribution in [0, 0.1) is 0 Å². The molecule has 2 amide bonds. The normalized spacial score (nSPS) is 13.2. The fraction of sp³-hybridized carbons (Fsp3) is 0.789. The van der Waals surface area contributed by atoms with Crippen molar-refractivity contribution >= 4 is 25.5 Å². The summed E-state index contributed by atoms with van der Waals surface area (Å²) >= 11 is 0. The lowest BCUT2D eigenvalue weighted by atomic mass is 10.0. The third kappa shape index (κ3) is 28.4. The highest BCUT2D eigenvalue weighted by Gasteiger charge is 2.22. The van der Waals surface area contributed by atoms with Crippen molar-refractivity contribution in [1.29, 1.82) is 0 Å². The van der Waals surface area contributed by atoms with Crippen LogP contribution in [0.1, 0.15) is 142 Å². The Hall–Kier alpha value is -1.97. The van der Waals surface area contributed by atoms with Gasteiger partial charge in [-0.3, -0.25) is 13.8 Å². The highest BCUT2D eigenvalue weighted by molar-refractivity contribution is 7.47. The fourth-order valence-electron chi connectivity index (χ4n) is 5.37. The number of rotatable bonds is 29. The second kappa shape index (κ2) is 25.9. The summed E-state index contributed by atoms with van der Waals surface area (Å²) in [6, 6.07) is 8.05. The van der Waals surface area contributed by atoms with E-state index >= 15 is 0 Å². The molecule has 0 saturated carbocycles. The van der Waals surface area contributed by atoms with Crippen LogP contribution in [0.5, 0.6) is 0 Å². The van der Waals surface area contributed by atoms with Gasteiger partial charge in [-0.15, -0.1) is 0 Å². The molecule has 0 fully saturated rings. The van der Waals surface area contributed by atoms with E-state index in [1.54, 1.807) is 0 Å². The van der Waals surface area contributed by atoms with Crippen LogP contribution < -0.4 is 10.6 Å². The molecule has 0 heterocycles. The Morgan fingerprint density at radius 2 is 1.22 bits per heavy atom. The standard InChI is InChI=1S/C38H70N3O7P/c1-38(2,3)48-37(43)39-30-25-29-36(42)40-35-28-23-22-27-34(35)26-21-19-17-15-13-11-9-7-8-10-12-14-16-18-20-24-32-46-49(44,45)47-33-31-41(4,5)6/h22-23,27-28H,7-21,24-26,29-33H2,1-6H3,(H2-,39,40,42,43,44,45)/p+1. The zero-order chi connectivity index (χ0) is 36.4. The van der Waals surface area contributed by atoms with Crippen molar-refractivity contribution < 1.29 is 37.3 Å². The number of benzene rings is 1. The Labute approximate surface area is 298 Å². The molecule has 0 spiro atoms. The van der Waals surface area contributed by atoms with Crippen molar-refractivity contribution in [2.75, 3.05) is 52.8 Å². The first-order valence-electron chi connectivity index (χ1n) is 18.9. The molecular weight excluding hydrogens is 641 g/mol. The van der Waals surface area contributed by atoms with Gasteiger partial charge in [-0.1, -0.05) is 108 Å². The van der Waals surface area contributed by atoms with Crippen molar-refractivity contribution in [3.63, 3.8) is 0 Å². The number of nitrogens with zero attached hydrogens (tertiary/aromatic N) is 1. The highest BCUT2D eigenvalue weighted by Crippen LogP contribution is 2.43. The molecule has 0 saturated heterocycles. The van der Waals surface area contributed by atoms with Crippen molar-refractivity contribution in [1.82, 2.24) is 5.32 Å². The summed E-state index contributed by atoms with van der Waals surface area (Å²) in [7, 11) is 2.10. The second-order valence-electron chi connectivity index (χ2n) is 15.3. The number of alkyl carbamates (subject to hydrolysis) is 1. The number of phosphoric ester groups is 1. The Morgan fingerprint density at radius 1 is 0.735 bits per heavy atom. The lowest BCUT2D eigenvalue weighted by Gasteiger charge is -2.24. The molecule has 284 valence electrons. The van der Waals surface area contributed by atoms with E-state index < -0.39 is 19.5 Å². The van der Waals surface area contributed by atoms with Gasteiger partial charge in [-0.2, -0.15) is 0 Å². The summed E-state index contributed by atoms with van der Waals surface area (Å²) < 4.78 is 27.9. The van der Waals surface area contributed by atoms with Crippen LogP contribution in [0.3, 0.4) is 0 Å². The number of aryl methyl sites for hydroxylation is 1. The number of quaternary nitrogens is 1. The summed E-state index contributed by atoms with van der Waals surface area (Å²) in [4.78, 5) is 33.9. The molecule has 1 atom stereocenters. The molecule has 1 rings (SSSR count). The number of carbonyl (C=O) groups is 2. The molecule has 0 bridgehead atoms. The first kappa shape index (κ1) is 45.1. The number of anilines is 1. The van der Waals surface area contributed by atoms with E-state index in [0.29, 0.717) is 30.4 Å². The minimum atomic E-state index is -3.92. The number of hydrogen-bond donors (Lipinski definition) is 3. The van der Waals surface area contributed by atoms with E-state index in [4.69, 9.17) is 13.8 Å². The summed E-state index contributed by atoms with van der Waals surface area (Å²) in [6.07, 6.45) is 21.0. The summed E-state index contributed by atoms with van der Waals surface area (Å²) in [6.45, 7) is 7.01. The zero-order valence-corrected chi connectivity index (χ0v) is 32.8. The van der Waals surface area contributed by atoms with Crippen molar-refractivity contribution in [3.05, 3.63) is 29.8 Å². The van der Waals surface area contributed by atoms with Gasteiger partial charge in [0, 0.05) is 18.7 Å². The van der Waals surface area contributed by atoms with Gasteiger partial charge in [0.05, 0.1) is 27.7 Å². The largest absolute Gasteiger partial charge is 0.472 e. The third-order valence-electron chi connectivity index (χ3n) is 8.15. The lowest BCUT2D eigenvalue weighted by Crippen LogP contribution is -2.37. The number of amides is 2. The Kier molecular flexibility index (Phi) is 23.8. The van der Waals surface area contributed by atoms with E-state index in [1.165, 1.54) is 82.6 Å². The lowest BCUT2D eigenvalue weighted by molar-refractivity contribution is -0.870. The maximum absolute atomic E-state index is 12.5. The first-order valence-corrected chi connectivity index (χ1v) is 20.4. The van der Waals surface area contributed by atoms with Gasteiger partial charge in [0.25, 0.3) is 0 Å². The Bertz CT molecular complexity index is 1070. The monoisotopic (exact) mass is 713 g/mol. The predicted molar refractivity (Wildman–Crippen MR) is 201 cm³/mol. The van der Waals surface area contributed by atoms with E-state index in [0.717, 1.165) is 37.8 Å². The van der Waals surface area contributed by atoms with Gasteiger partial charge in [0.1, 0.15) is 18.8 Å². The summed E-state index contributed by atoms with van der Waals surface area (Å²) in [5, 5.41) is 5.75. The van der Waals surface area contributed by atoms with Gasteiger partial charge in [0.2, 0.25) is 5.91 Å². The first-order chi connectivity index (χ1) is 23.2. The topological polar surface area (TPSA) is 123 Å². The summed E-state index contributed by atoms with van der Waals surface area (Å²) in [5.74, 6) is -0.0380. The molecule has 49 heavy (non-hydrogen) atoms. The number of phosphoric acid groups is 1. The minimum absolute atomic E-state index is 0.0380. The van der Waals surface area contributed by atoms with Crippen molar-refractivity contribution in [2.45, 2.75) is 148 Å². The van der Waals surface area contributed by atoms with Crippen LogP contribution in [-0.2, 0) is 29.6 Å². The second-order valence-corrected chi connectivity index (χ2v) is 16.7. The van der Waals surface area contributed by atoms with E-state index in [2.05, 4.69) is 16.7 Å². The van der Waals surface area contributed by atoms with Gasteiger partial charge >= 0.3 is 13.9 Å². The number of hydrogen-bond acceptors (Lipinski definition) is 6. The van der Waals surface area contributed by atoms with Crippen LogP contribution in [0.15, 0.2) is 24.3 Å². The Balaban J connectivity index is 1.95. The fourth-order valence-corrected chi connectivity index (χ4v) is 6.11. The van der Waals surface area contributed by atoms with Crippen LogP contribution in [0.2, 0.25) is 0 Å². The molecule has 1 aromatic carbocycles. The molecule has 0 aliphatic heterocycles. The molecule has 0 aliphatic carbocycles. The smallest absolute Gasteiger partial charge is 0.444 e. The van der Waals surface area contributed by atoms with Crippen LogP contribution in [0.4, 0.5) is 10.5 Å². The molecule has 10 nitrogen and oxygen atoms in total. The Morgan fingerprint density at radius 3 is 1.76 bits per heavy atom. The molecule has 1 unspecified atom stereocenters. The van der Waals surface area contributed by atoms with E-state index in [-0.39, 0.29) is 19.1 Å². The van der Waals surface area contributed by atoms with E-state index in [9.17, 15) is 19.0 Å². The van der Waals surface area contributed by atoms with Crippen molar-refractivity contribution in [2.24, 2.45) is 0 Å². The van der Waals surface area contributed by atoms with Crippen LogP contribution >= 0.6 is 7.82 Å². The third-order valence-corrected chi connectivity index (χ3v) is 9.17. The van der Waals surface area contributed by atoms with Gasteiger partial charge in [0.15, 0.2) is 0 Å². The average molecular weight is 713 g/mol. The zero-order valence-electron chi connectivity index (χ0n) is 31.9. The van der Waals surface area contributed by atoms with Gasteiger partial charge in [-0.05, 0) is 58.1 Å². The molecule has 0 radical (unpaired) electrons. The molecule has 1 aromatic rings. The van der Waals surface area contributed by atoms with Gasteiger partial charge in [-0.25, -0.2) is 9.36 Å². The average Bonchev–Trinajstić information content (AvgIpc) is 2.99. The number of likely N-dealkylation sites (N-methyl/N-ethyl adjacent to an activating group) is 1. The SMILES string of the molecule is CC(C)(C)OC(=O)NCCCC(=O)Nc1ccccc1CCCCCCCCCCCCCCCCCCOP(=O)(O)OCC[N+](C)(C)C. The van der Waals surface area contributed by atoms with Gasteiger partial charge < -0.3 is 24.7 Å². The number of ether oxygens (including phenoxy) is 1. The molecule has 0 aromatic heterocycles. The number of nitrogens with one attached hydrogen (secondary N) is 2. The highest BCUT2D eigenvalue weighted by atomic mass is 31.2. The molecule has 0 aliphatic rings. The molecule has 3 N–H and O–H groups in total. The molecular formula is C38H71N3O7P+. The minimum Gasteiger partial charge on any atom is -0.444 e. The number of para-hydroxylation sites is 1. The summed E-state index contributed by atoms with van der Waals surface area (Å²) in [5.41, 5.74) is 1.54. The predicted octanol–water partition coefficient (Wildman–Crippen LogP) is 9.55. The van der Waals surface area contributed by atoms with Crippen molar-refractivity contribution in [3.8, 4) is 0 Å². The molecule has 11 heteroatoms. The quantitative estimate of drug-likeness (QED) is 0.0430. The maximum atomic E-state index is 12.5. The number of carbonyl (C=O) groups excluding carboxylic acids is 2. The number of unbranched alkanes of at least 4 members (excludes halogenated alkanes) is 15. The van der Waals surface area contributed by atoms with Crippen LogP contribution in [-0.4, -0.2) is 74.4 Å². The van der Waals surface area contributed by atoms with Crippen LogP contribution in [0.25, 0.3) is 0 Å². The van der Waals surface area contributed by atoms with E-state index in [1.807, 2.05) is 60.1 Å².